The van der Waals surface area contributed by atoms with E-state index in [2.05, 4.69) is 62.4 Å². The summed E-state index contributed by atoms with van der Waals surface area (Å²) in [5.41, 5.74) is 7.75. The summed E-state index contributed by atoms with van der Waals surface area (Å²) in [5.74, 6) is 1.49. The number of nitrogens with zero attached hydrogens (tertiary/aromatic N) is 1. The summed E-state index contributed by atoms with van der Waals surface area (Å²) in [4.78, 5) is 16.7. The molecule has 0 atom stereocenters. The molecule has 3 nitrogen and oxygen atoms in total. The van der Waals surface area contributed by atoms with Crippen molar-refractivity contribution in [2.24, 2.45) is 17.8 Å². The molecule has 223 valence electrons. The van der Waals surface area contributed by atoms with Gasteiger partial charge in [-0.2, -0.15) is 0 Å². The number of aromatic nitrogens is 1. The van der Waals surface area contributed by atoms with Gasteiger partial charge < -0.3 is 5.11 Å². The molecule has 0 unspecified atom stereocenters. The minimum Gasteiger partial charge on any atom is -0.512 e. The Balaban J connectivity index is 0.000000253. The number of aryl methyl sites for hydroxylation is 2. The van der Waals surface area contributed by atoms with E-state index < -0.39 is 0 Å². The van der Waals surface area contributed by atoms with Crippen LogP contribution in [0.25, 0.3) is 22.2 Å². The van der Waals surface area contributed by atoms with Crippen LogP contribution in [0, 0.1) is 37.7 Å². The Hall–Kier alpha value is -2.29. The van der Waals surface area contributed by atoms with Gasteiger partial charge in [0.1, 0.15) is 0 Å². The molecular formula is C37H48IrNO2-. The van der Waals surface area contributed by atoms with Crippen LogP contribution >= 0.6 is 0 Å². The number of allylic oxidation sites excluding steroid dienone is 2. The molecule has 2 bridgehead atoms. The summed E-state index contributed by atoms with van der Waals surface area (Å²) >= 11 is 0. The van der Waals surface area contributed by atoms with Gasteiger partial charge in [0, 0.05) is 43.4 Å². The molecule has 0 aliphatic heterocycles. The van der Waals surface area contributed by atoms with Crippen LogP contribution < -0.4 is 0 Å². The molecule has 41 heavy (non-hydrogen) atoms. The topological polar surface area (TPSA) is 50.2 Å². The fourth-order valence-electron chi connectivity index (χ4n) is 7.14. The number of hydrogen-bond acceptors (Lipinski definition) is 3. The minimum atomic E-state index is 0. The molecule has 0 saturated heterocycles. The number of rotatable bonds is 9. The Bertz CT molecular complexity index is 1320. The zero-order chi connectivity index (χ0) is 28.9. The smallest absolute Gasteiger partial charge is 0.162 e. The molecule has 3 aromatic rings. The second kappa shape index (κ2) is 14.7. The monoisotopic (exact) mass is 731 g/mol. The molecule has 1 radical (unpaired) electrons. The average molecular weight is 731 g/mol. The van der Waals surface area contributed by atoms with Crippen molar-refractivity contribution in [1.29, 1.82) is 0 Å². The van der Waals surface area contributed by atoms with E-state index in [1.165, 1.54) is 54.7 Å². The zero-order valence-electron chi connectivity index (χ0n) is 25.9. The molecule has 1 heterocycles. The third-order valence-corrected chi connectivity index (χ3v) is 9.54. The fraction of sp³-hybridized carbons (Fsp3) is 0.514. The summed E-state index contributed by atoms with van der Waals surface area (Å²) in [6.07, 6.45) is 11.8. The van der Waals surface area contributed by atoms with Gasteiger partial charge in [0.15, 0.2) is 5.78 Å². The quantitative estimate of drug-likeness (QED) is 0.136. The first-order valence-corrected chi connectivity index (χ1v) is 15.6. The largest absolute Gasteiger partial charge is 0.512 e. The van der Waals surface area contributed by atoms with Gasteiger partial charge in [-0.1, -0.05) is 65.8 Å². The van der Waals surface area contributed by atoms with Crippen molar-refractivity contribution in [2.75, 3.05) is 0 Å². The Morgan fingerprint density at radius 3 is 2.20 bits per heavy atom. The molecule has 0 spiro atoms. The Labute approximate surface area is 261 Å². The van der Waals surface area contributed by atoms with Gasteiger partial charge in [-0.25, -0.2) is 0 Å². The first-order chi connectivity index (χ1) is 19.2. The number of carbonyl (C=O) groups excluding carboxylic acids is 1. The van der Waals surface area contributed by atoms with E-state index in [1.54, 1.807) is 5.56 Å². The van der Waals surface area contributed by atoms with Gasteiger partial charge >= 0.3 is 0 Å². The first kappa shape index (κ1) is 33.2. The molecule has 2 aliphatic rings. The van der Waals surface area contributed by atoms with E-state index in [4.69, 9.17) is 4.98 Å². The average Bonchev–Trinajstić information content (AvgIpc) is 3.56. The third kappa shape index (κ3) is 7.57. The van der Waals surface area contributed by atoms with Gasteiger partial charge in [0.25, 0.3) is 0 Å². The molecule has 2 fully saturated rings. The number of benzene rings is 2. The molecule has 1 aromatic heterocycles. The summed E-state index contributed by atoms with van der Waals surface area (Å²) in [5, 5.41) is 11.1. The minimum absolute atomic E-state index is 0. The SMILES string of the molecule is CCC(CC)C(=O)/C=C(\O)C(CC)CC.Cc1[c-]c(-c2cc(C34CCC(CC3)C4)c3ccccc3n2)cc(C)c1.[Ir]. The van der Waals surface area contributed by atoms with Crippen LogP contribution in [0.15, 0.2) is 54.3 Å². The van der Waals surface area contributed by atoms with Crippen LogP contribution in [0.1, 0.15) is 102 Å². The number of ketones is 1. The molecule has 4 heteroatoms. The second-order valence-corrected chi connectivity index (χ2v) is 12.3. The van der Waals surface area contributed by atoms with Crippen molar-refractivity contribution in [2.45, 2.75) is 105 Å². The van der Waals surface area contributed by atoms with Crippen molar-refractivity contribution < 1.29 is 30.0 Å². The van der Waals surface area contributed by atoms with E-state index >= 15 is 0 Å². The van der Waals surface area contributed by atoms with Crippen LogP contribution in [0.5, 0.6) is 0 Å². The molecule has 5 rings (SSSR count). The van der Waals surface area contributed by atoms with Crippen molar-refractivity contribution in [3.63, 3.8) is 0 Å². The maximum Gasteiger partial charge on any atom is 0.162 e. The molecule has 2 saturated carbocycles. The van der Waals surface area contributed by atoms with E-state index in [0.29, 0.717) is 5.41 Å². The van der Waals surface area contributed by atoms with Crippen molar-refractivity contribution in [1.82, 2.24) is 4.98 Å². The Morgan fingerprint density at radius 1 is 1.00 bits per heavy atom. The van der Waals surface area contributed by atoms with Gasteiger partial charge in [0.05, 0.1) is 11.3 Å². The van der Waals surface area contributed by atoms with Gasteiger partial charge in [-0.05, 0) is 86.4 Å². The van der Waals surface area contributed by atoms with E-state index in [1.807, 2.05) is 27.7 Å². The summed E-state index contributed by atoms with van der Waals surface area (Å²) in [6.45, 7) is 12.3. The summed E-state index contributed by atoms with van der Waals surface area (Å²) < 4.78 is 0. The summed E-state index contributed by atoms with van der Waals surface area (Å²) in [7, 11) is 0. The van der Waals surface area contributed by atoms with Crippen LogP contribution in [0.4, 0.5) is 0 Å². The van der Waals surface area contributed by atoms with Crippen LogP contribution in [-0.4, -0.2) is 15.9 Å². The number of fused-ring (bicyclic) bond motifs is 3. The zero-order valence-corrected chi connectivity index (χ0v) is 28.2. The Kier molecular flexibility index (Phi) is 11.9. The standard InChI is InChI=1S/C24H24N.C13H24O2.Ir/c1-16-11-17(2)13-19(12-16)23-14-21(20-5-3-4-6-22(20)25-23)24-9-7-18(15-24)8-10-24;1-5-10(6-2)12(14)9-13(15)11(7-3)8-4;/h3-6,11-12,14,18H,7-10,15H2,1-2H3;9-11,14H,5-8H2,1-4H3;/q-1;;/b;12-9-;. The van der Waals surface area contributed by atoms with Crippen molar-refractivity contribution in [3.05, 3.63) is 77.1 Å². The van der Waals surface area contributed by atoms with Crippen molar-refractivity contribution >= 4 is 16.7 Å². The molecular weight excluding hydrogens is 683 g/mol. The van der Waals surface area contributed by atoms with Crippen LogP contribution in [0.3, 0.4) is 0 Å². The van der Waals surface area contributed by atoms with Crippen LogP contribution in [0.2, 0.25) is 0 Å². The summed E-state index contributed by atoms with van der Waals surface area (Å²) in [6, 6.07) is 19.0. The fourth-order valence-corrected chi connectivity index (χ4v) is 7.14. The number of aliphatic hydroxyl groups excluding tert-OH is 1. The van der Waals surface area contributed by atoms with Gasteiger partial charge in [-0.3, -0.25) is 9.78 Å². The first-order valence-electron chi connectivity index (χ1n) is 15.6. The van der Waals surface area contributed by atoms with Crippen LogP contribution in [-0.2, 0) is 30.3 Å². The molecule has 2 aliphatic carbocycles. The number of aliphatic hydroxyl groups is 1. The third-order valence-electron chi connectivity index (χ3n) is 9.54. The number of para-hydroxylation sites is 1. The maximum atomic E-state index is 11.7. The molecule has 1 N–H and O–H groups in total. The number of hydrogen-bond donors (Lipinski definition) is 1. The predicted molar refractivity (Wildman–Crippen MR) is 168 cm³/mol. The van der Waals surface area contributed by atoms with Gasteiger partial charge in [-0.15, -0.1) is 34.9 Å². The Morgan fingerprint density at radius 2 is 1.63 bits per heavy atom. The van der Waals surface area contributed by atoms with E-state index in [0.717, 1.165) is 48.4 Å². The second-order valence-electron chi connectivity index (χ2n) is 12.3. The number of pyridine rings is 1. The van der Waals surface area contributed by atoms with E-state index in [9.17, 15) is 9.90 Å². The van der Waals surface area contributed by atoms with E-state index in [-0.39, 0.29) is 43.5 Å². The van der Waals surface area contributed by atoms with Gasteiger partial charge in [0.2, 0.25) is 0 Å². The molecule has 2 aromatic carbocycles. The number of carbonyl (C=O) groups is 1. The molecule has 0 amide bonds. The maximum absolute atomic E-state index is 11.7. The predicted octanol–water partition coefficient (Wildman–Crippen LogP) is 10.0. The van der Waals surface area contributed by atoms with Crippen molar-refractivity contribution in [3.8, 4) is 11.3 Å². The normalized spacial score (nSPS) is 19.8.